The van der Waals surface area contributed by atoms with Crippen LogP contribution in [-0.4, -0.2) is 33.8 Å². The van der Waals surface area contributed by atoms with Crippen molar-refractivity contribution in [1.29, 1.82) is 0 Å². The molecular formula is C19H22N4O2S2. The summed E-state index contributed by atoms with van der Waals surface area (Å²) >= 11 is 6.63. The summed E-state index contributed by atoms with van der Waals surface area (Å²) in [5.74, 6) is 1.32. The topological polar surface area (TPSA) is 71.9 Å². The van der Waals surface area contributed by atoms with Gasteiger partial charge in [-0.25, -0.2) is 0 Å². The summed E-state index contributed by atoms with van der Waals surface area (Å²) in [6.07, 6.45) is 0.605. The Labute approximate surface area is 167 Å². The first-order chi connectivity index (χ1) is 13.1. The first kappa shape index (κ1) is 19.3. The minimum absolute atomic E-state index is 0.136. The van der Waals surface area contributed by atoms with Gasteiger partial charge in [0.1, 0.15) is 16.5 Å². The van der Waals surface area contributed by atoms with E-state index in [0.717, 1.165) is 22.8 Å². The summed E-state index contributed by atoms with van der Waals surface area (Å²) in [6.45, 7) is 5.66. The first-order valence-corrected chi connectivity index (χ1v) is 10.1. The highest BCUT2D eigenvalue weighted by Gasteiger charge is 2.18. The van der Waals surface area contributed by atoms with E-state index in [9.17, 15) is 4.79 Å². The van der Waals surface area contributed by atoms with Crippen LogP contribution in [0.25, 0.3) is 10.4 Å². The lowest BCUT2D eigenvalue weighted by Gasteiger charge is -2.07. The van der Waals surface area contributed by atoms with Gasteiger partial charge in [0.05, 0.1) is 6.61 Å². The number of ether oxygens (including phenoxy) is 1. The van der Waals surface area contributed by atoms with Crippen LogP contribution in [0.2, 0.25) is 0 Å². The number of nitrogens with zero attached hydrogens (tertiary/aromatic N) is 2. The Morgan fingerprint density at radius 2 is 2.11 bits per heavy atom. The number of thiophene rings is 1. The van der Waals surface area contributed by atoms with Crippen LogP contribution in [0.15, 0.2) is 36.4 Å². The number of rotatable bonds is 8. The van der Waals surface area contributed by atoms with Gasteiger partial charge in [0.2, 0.25) is 0 Å². The number of carbonyl (C=O) groups is 1. The molecule has 0 bridgehead atoms. The van der Waals surface area contributed by atoms with Crippen LogP contribution < -0.4 is 10.1 Å². The Balaban J connectivity index is 1.71. The molecule has 0 aliphatic heterocycles. The SMILES string of the molecule is CCOc1cc(-c2ccccc2)sc1C(=O)NCCc1n[nH]c(=S)n1CC. The lowest BCUT2D eigenvalue weighted by Crippen LogP contribution is -2.26. The predicted molar refractivity (Wildman–Crippen MR) is 110 cm³/mol. The van der Waals surface area contributed by atoms with Crippen molar-refractivity contribution in [3.05, 3.63) is 51.9 Å². The second-order valence-corrected chi connectivity index (χ2v) is 7.24. The molecule has 0 unspecified atom stereocenters. The molecule has 0 saturated carbocycles. The summed E-state index contributed by atoms with van der Waals surface area (Å²) < 4.78 is 8.20. The molecule has 0 aliphatic rings. The third-order valence-electron chi connectivity index (χ3n) is 4.05. The largest absolute Gasteiger partial charge is 0.492 e. The van der Waals surface area contributed by atoms with E-state index in [1.807, 2.05) is 54.8 Å². The lowest BCUT2D eigenvalue weighted by molar-refractivity contribution is 0.0954. The molecule has 142 valence electrons. The molecule has 1 amide bonds. The predicted octanol–water partition coefficient (Wildman–Crippen LogP) is 4.06. The van der Waals surface area contributed by atoms with Crippen molar-refractivity contribution < 1.29 is 9.53 Å². The van der Waals surface area contributed by atoms with Crippen molar-refractivity contribution in [2.45, 2.75) is 26.8 Å². The maximum Gasteiger partial charge on any atom is 0.265 e. The van der Waals surface area contributed by atoms with E-state index in [4.69, 9.17) is 17.0 Å². The summed E-state index contributed by atoms with van der Waals surface area (Å²) in [7, 11) is 0. The molecule has 3 rings (SSSR count). The van der Waals surface area contributed by atoms with Crippen LogP contribution in [0.3, 0.4) is 0 Å². The number of hydrogen-bond donors (Lipinski definition) is 2. The average Bonchev–Trinajstić information content (AvgIpc) is 3.26. The Kier molecular flexibility index (Phi) is 6.41. The minimum atomic E-state index is -0.136. The standard InChI is InChI=1S/C19H22N4O2S2/c1-3-23-16(21-22-19(23)26)10-11-20-18(24)17-14(25-4-2)12-15(27-17)13-8-6-5-7-9-13/h5-9,12H,3-4,10-11H2,1-2H3,(H,20,24)(H,22,26). The Morgan fingerprint density at radius 1 is 1.33 bits per heavy atom. The highest BCUT2D eigenvalue weighted by atomic mass is 32.1. The first-order valence-electron chi connectivity index (χ1n) is 8.88. The molecule has 27 heavy (non-hydrogen) atoms. The Hall–Kier alpha value is -2.45. The third kappa shape index (κ3) is 4.45. The van der Waals surface area contributed by atoms with Gasteiger partial charge in [-0.2, -0.15) is 5.10 Å². The highest BCUT2D eigenvalue weighted by molar-refractivity contribution is 7.71. The number of H-pyrrole nitrogens is 1. The normalized spacial score (nSPS) is 10.7. The molecule has 0 spiro atoms. The second kappa shape index (κ2) is 8.96. The number of benzene rings is 1. The number of carbonyl (C=O) groups excluding carboxylic acids is 1. The molecule has 2 aromatic heterocycles. The minimum Gasteiger partial charge on any atom is -0.492 e. The van der Waals surface area contributed by atoms with Gasteiger partial charge in [-0.1, -0.05) is 30.3 Å². The molecule has 8 heteroatoms. The highest BCUT2D eigenvalue weighted by Crippen LogP contribution is 2.36. The summed E-state index contributed by atoms with van der Waals surface area (Å²) in [6, 6.07) is 11.9. The van der Waals surface area contributed by atoms with E-state index < -0.39 is 0 Å². The lowest BCUT2D eigenvalue weighted by atomic mass is 10.2. The molecule has 0 aliphatic carbocycles. The number of amides is 1. The number of hydrogen-bond acceptors (Lipinski definition) is 5. The molecule has 1 aromatic carbocycles. The molecule has 0 fully saturated rings. The van der Waals surface area contributed by atoms with E-state index >= 15 is 0 Å². The molecule has 2 heterocycles. The van der Waals surface area contributed by atoms with Crippen molar-refractivity contribution >= 4 is 29.5 Å². The smallest absolute Gasteiger partial charge is 0.265 e. The fourth-order valence-electron chi connectivity index (χ4n) is 2.78. The van der Waals surface area contributed by atoms with E-state index in [0.29, 0.717) is 35.0 Å². The van der Waals surface area contributed by atoms with Crippen LogP contribution in [0, 0.1) is 4.77 Å². The van der Waals surface area contributed by atoms with Gasteiger partial charge in [0.15, 0.2) is 4.77 Å². The average molecular weight is 403 g/mol. The van der Waals surface area contributed by atoms with Crippen LogP contribution >= 0.6 is 23.6 Å². The van der Waals surface area contributed by atoms with E-state index in [1.165, 1.54) is 11.3 Å². The third-order valence-corrected chi connectivity index (χ3v) is 5.53. The molecule has 0 saturated heterocycles. The number of aromatic nitrogens is 3. The zero-order valence-corrected chi connectivity index (χ0v) is 17.0. The summed E-state index contributed by atoms with van der Waals surface area (Å²) in [5, 5.41) is 9.97. The van der Waals surface area contributed by atoms with Gasteiger partial charge in [0.25, 0.3) is 5.91 Å². The molecular weight excluding hydrogens is 380 g/mol. The van der Waals surface area contributed by atoms with Crippen molar-refractivity contribution in [3.8, 4) is 16.2 Å². The Bertz CT molecular complexity index is 960. The van der Waals surface area contributed by atoms with Gasteiger partial charge in [-0.05, 0) is 37.7 Å². The van der Waals surface area contributed by atoms with Crippen LogP contribution in [0.4, 0.5) is 0 Å². The Morgan fingerprint density at radius 3 is 2.81 bits per heavy atom. The summed E-state index contributed by atoms with van der Waals surface area (Å²) in [5.41, 5.74) is 1.07. The van der Waals surface area contributed by atoms with E-state index in [-0.39, 0.29) is 5.91 Å². The van der Waals surface area contributed by atoms with Crippen LogP contribution in [0.5, 0.6) is 5.75 Å². The number of nitrogens with one attached hydrogen (secondary N) is 2. The molecule has 3 aromatic rings. The van der Waals surface area contributed by atoms with Crippen molar-refractivity contribution in [2.75, 3.05) is 13.2 Å². The van der Waals surface area contributed by atoms with Gasteiger partial charge in [0, 0.05) is 24.4 Å². The number of aromatic amines is 1. The van der Waals surface area contributed by atoms with E-state index in [2.05, 4.69) is 15.5 Å². The van der Waals surface area contributed by atoms with Gasteiger partial charge in [-0.3, -0.25) is 9.89 Å². The van der Waals surface area contributed by atoms with Crippen molar-refractivity contribution in [2.24, 2.45) is 0 Å². The fourth-order valence-corrected chi connectivity index (χ4v) is 4.08. The van der Waals surface area contributed by atoms with Crippen molar-refractivity contribution in [3.63, 3.8) is 0 Å². The van der Waals surface area contributed by atoms with Gasteiger partial charge < -0.3 is 14.6 Å². The fraction of sp³-hybridized carbons (Fsp3) is 0.316. The van der Waals surface area contributed by atoms with Crippen LogP contribution in [-0.2, 0) is 13.0 Å². The molecule has 2 N–H and O–H groups in total. The van der Waals surface area contributed by atoms with Crippen molar-refractivity contribution in [1.82, 2.24) is 20.1 Å². The van der Waals surface area contributed by atoms with Crippen LogP contribution in [0.1, 0.15) is 29.3 Å². The quantitative estimate of drug-likeness (QED) is 0.558. The maximum atomic E-state index is 12.7. The molecule has 0 radical (unpaired) electrons. The van der Waals surface area contributed by atoms with E-state index in [1.54, 1.807) is 0 Å². The summed E-state index contributed by atoms with van der Waals surface area (Å²) in [4.78, 5) is 14.3. The second-order valence-electron chi connectivity index (χ2n) is 5.80. The zero-order valence-electron chi connectivity index (χ0n) is 15.3. The zero-order chi connectivity index (χ0) is 19.2. The monoisotopic (exact) mass is 402 g/mol. The maximum absolute atomic E-state index is 12.7. The van der Waals surface area contributed by atoms with Gasteiger partial charge >= 0.3 is 0 Å². The molecule has 6 nitrogen and oxygen atoms in total. The van der Waals surface area contributed by atoms with Gasteiger partial charge in [-0.15, -0.1) is 11.3 Å². The molecule has 0 atom stereocenters.